The van der Waals surface area contributed by atoms with Crippen molar-refractivity contribution in [2.75, 3.05) is 13.2 Å². The molecule has 0 radical (unpaired) electrons. The molecule has 3 N–H and O–H groups in total. The van der Waals surface area contributed by atoms with Gasteiger partial charge in [-0.15, -0.1) is 0 Å². The molecule has 10 heteroatoms. The van der Waals surface area contributed by atoms with Crippen molar-refractivity contribution in [2.45, 2.75) is 64.8 Å². The Morgan fingerprint density at radius 1 is 1.19 bits per heavy atom. The Morgan fingerprint density at radius 3 is 2.41 bits per heavy atom. The minimum Gasteiger partial charge on any atom is -0.445 e. The molecule has 0 aliphatic carbocycles. The highest BCUT2D eigenvalue weighted by molar-refractivity contribution is 6.02. The van der Waals surface area contributed by atoms with Crippen molar-refractivity contribution in [3.8, 4) is 0 Å². The summed E-state index contributed by atoms with van der Waals surface area (Å²) in [6.45, 7) is 12.8. The molecule has 37 heavy (non-hydrogen) atoms. The van der Waals surface area contributed by atoms with Crippen LogP contribution in [0, 0.1) is 5.92 Å². The van der Waals surface area contributed by atoms with Crippen LogP contribution in [0.3, 0.4) is 0 Å². The molecule has 1 aromatic rings. The maximum Gasteiger partial charge on any atom is 0.429 e. The number of carbonyl (C=O) groups excluding carboxylic acids is 4. The summed E-state index contributed by atoms with van der Waals surface area (Å²) in [4.78, 5) is 52.7. The van der Waals surface area contributed by atoms with Gasteiger partial charge in [-0.25, -0.2) is 14.6 Å². The number of hydrogen-bond donors (Lipinski definition) is 3. The molecule has 1 aliphatic heterocycles. The van der Waals surface area contributed by atoms with E-state index in [0.717, 1.165) is 5.01 Å². The number of carbonyl (C=O) groups is 4. The smallest absolute Gasteiger partial charge is 0.429 e. The van der Waals surface area contributed by atoms with Crippen LogP contribution in [-0.4, -0.2) is 65.8 Å². The molecular weight excluding hydrogens is 476 g/mol. The molecule has 2 rings (SSSR count). The van der Waals surface area contributed by atoms with Gasteiger partial charge >= 0.3 is 12.2 Å². The van der Waals surface area contributed by atoms with Crippen molar-refractivity contribution < 1.29 is 28.7 Å². The van der Waals surface area contributed by atoms with Crippen molar-refractivity contribution in [2.24, 2.45) is 5.92 Å². The number of hydrazine groups is 1. The molecule has 1 heterocycles. The number of nitrogens with one attached hydrogen (secondary N) is 3. The largest absolute Gasteiger partial charge is 0.445 e. The molecule has 1 aliphatic rings. The Balaban J connectivity index is 2.44. The molecule has 0 aromatic heterocycles. The molecule has 0 saturated heterocycles. The summed E-state index contributed by atoms with van der Waals surface area (Å²) in [5, 5.41) is 6.61. The van der Waals surface area contributed by atoms with E-state index >= 15 is 0 Å². The van der Waals surface area contributed by atoms with Gasteiger partial charge in [0, 0.05) is 12.1 Å². The number of alkyl carbamates (subject to hydrolysis) is 1. The van der Waals surface area contributed by atoms with Gasteiger partial charge in [-0.3, -0.25) is 15.0 Å². The van der Waals surface area contributed by atoms with E-state index in [1.54, 1.807) is 57.2 Å². The van der Waals surface area contributed by atoms with E-state index in [0.29, 0.717) is 12.1 Å². The quantitative estimate of drug-likeness (QED) is 0.248. The topological polar surface area (TPSA) is 126 Å². The van der Waals surface area contributed by atoms with Gasteiger partial charge < -0.3 is 20.1 Å². The van der Waals surface area contributed by atoms with Crippen LogP contribution < -0.4 is 16.1 Å². The molecule has 1 unspecified atom stereocenters. The lowest BCUT2D eigenvalue weighted by Gasteiger charge is -2.36. The second-order valence-electron chi connectivity index (χ2n) is 10.1. The summed E-state index contributed by atoms with van der Waals surface area (Å²) in [6.07, 6.45) is 3.56. The first kappa shape index (κ1) is 29.6. The minimum absolute atomic E-state index is 0.0200. The highest BCUT2D eigenvalue weighted by Crippen LogP contribution is 2.19. The lowest BCUT2D eigenvalue weighted by atomic mass is 9.97. The number of ether oxygens (including phenoxy) is 2. The van der Waals surface area contributed by atoms with Gasteiger partial charge in [0.25, 0.3) is 5.91 Å². The monoisotopic (exact) mass is 514 g/mol. The summed E-state index contributed by atoms with van der Waals surface area (Å²) in [5.41, 5.74) is 2.03. The van der Waals surface area contributed by atoms with Crippen LogP contribution in [0.1, 0.15) is 51.4 Å². The summed E-state index contributed by atoms with van der Waals surface area (Å²) >= 11 is 0. The van der Waals surface area contributed by atoms with Crippen molar-refractivity contribution in [1.82, 2.24) is 21.1 Å². The second kappa shape index (κ2) is 13.6. The first-order chi connectivity index (χ1) is 17.4. The zero-order chi connectivity index (χ0) is 27.6. The minimum atomic E-state index is -1.16. The second-order valence-corrected chi connectivity index (χ2v) is 10.1. The first-order valence-corrected chi connectivity index (χ1v) is 12.3. The third-order valence-corrected chi connectivity index (χ3v) is 5.23. The number of benzene rings is 1. The van der Waals surface area contributed by atoms with E-state index in [-0.39, 0.29) is 18.9 Å². The standard InChI is InChI=1S/C27H38N4O6/c1-7-16-36-25(34)29-21(17-18(2)3)24(33)30-31(26(35)37-27(4,5)6)22(20-14-11-15-28-20)23(32)19-12-9-8-10-13-19/h7-14,18,20-22,28H,1,15-17H2,2-6H3,(H,29,34)(H,30,33)/t20-,21-,22?/m0/s1. The SMILES string of the molecule is C=CCOC(=O)N[C@@H](CC(C)C)C(=O)NN(C(=O)OC(C)(C)C)C(C(=O)c1ccccc1)[C@@H]1C=CCN1. The molecular formula is C27H38N4O6. The predicted molar refractivity (Wildman–Crippen MR) is 140 cm³/mol. The Hall–Kier alpha value is -3.66. The van der Waals surface area contributed by atoms with Gasteiger partial charge in [-0.2, -0.15) is 0 Å². The Morgan fingerprint density at radius 2 is 1.86 bits per heavy atom. The summed E-state index contributed by atoms with van der Waals surface area (Å²) < 4.78 is 10.5. The van der Waals surface area contributed by atoms with Crippen LogP contribution in [0.5, 0.6) is 0 Å². The van der Waals surface area contributed by atoms with E-state index in [9.17, 15) is 19.2 Å². The van der Waals surface area contributed by atoms with Crippen LogP contribution in [-0.2, 0) is 14.3 Å². The fourth-order valence-electron chi connectivity index (χ4n) is 3.68. The van der Waals surface area contributed by atoms with Gasteiger partial charge in [-0.1, -0.05) is 69.0 Å². The van der Waals surface area contributed by atoms with E-state index in [2.05, 4.69) is 22.6 Å². The zero-order valence-corrected chi connectivity index (χ0v) is 22.2. The molecule has 0 bridgehead atoms. The average Bonchev–Trinajstić information content (AvgIpc) is 3.35. The number of Topliss-reactive ketones (excluding diaryl/α,β-unsaturated/α-hetero) is 1. The molecule has 0 saturated carbocycles. The summed E-state index contributed by atoms with van der Waals surface area (Å²) in [6, 6.07) is 5.71. The Bertz CT molecular complexity index is 986. The van der Waals surface area contributed by atoms with E-state index in [1.807, 2.05) is 19.9 Å². The lowest BCUT2D eigenvalue weighted by Crippen LogP contribution is -2.64. The van der Waals surface area contributed by atoms with E-state index < -0.39 is 47.6 Å². The van der Waals surface area contributed by atoms with Crippen molar-refractivity contribution in [1.29, 1.82) is 0 Å². The van der Waals surface area contributed by atoms with Gasteiger partial charge in [0.15, 0.2) is 5.78 Å². The number of amides is 3. The summed E-state index contributed by atoms with van der Waals surface area (Å²) in [5.74, 6) is -1.07. The Labute approximate surface area is 218 Å². The molecule has 3 atom stereocenters. The average molecular weight is 515 g/mol. The van der Waals surface area contributed by atoms with Gasteiger partial charge in [0.05, 0.1) is 6.04 Å². The van der Waals surface area contributed by atoms with Gasteiger partial charge in [0.1, 0.15) is 24.3 Å². The lowest BCUT2D eigenvalue weighted by molar-refractivity contribution is -0.129. The molecule has 0 spiro atoms. The van der Waals surface area contributed by atoms with Gasteiger partial charge in [0.2, 0.25) is 0 Å². The molecule has 10 nitrogen and oxygen atoms in total. The van der Waals surface area contributed by atoms with Crippen molar-refractivity contribution >= 4 is 23.9 Å². The van der Waals surface area contributed by atoms with Gasteiger partial charge in [-0.05, 0) is 33.1 Å². The third-order valence-electron chi connectivity index (χ3n) is 5.23. The number of ketones is 1. The van der Waals surface area contributed by atoms with Crippen LogP contribution >= 0.6 is 0 Å². The van der Waals surface area contributed by atoms with Crippen molar-refractivity contribution in [3.63, 3.8) is 0 Å². The first-order valence-electron chi connectivity index (χ1n) is 12.3. The number of nitrogens with zero attached hydrogens (tertiary/aromatic N) is 1. The van der Waals surface area contributed by atoms with Crippen LogP contribution in [0.15, 0.2) is 55.1 Å². The molecule has 202 valence electrons. The predicted octanol–water partition coefficient (Wildman–Crippen LogP) is 3.36. The third kappa shape index (κ3) is 9.38. The van der Waals surface area contributed by atoms with E-state index in [1.165, 1.54) is 6.08 Å². The Kier molecular flexibility index (Phi) is 10.9. The maximum atomic E-state index is 13.7. The van der Waals surface area contributed by atoms with E-state index in [4.69, 9.17) is 9.47 Å². The highest BCUT2D eigenvalue weighted by atomic mass is 16.6. The highest BCUT2D eigenvalue weighted by Gasteiger charge is 2.41. The molecule has 3 amide bonds. The van der Waals surface area contributed by atoms with Crippen molar-refractivity contribution in [3.05, 3.63) is 60.7 Å². The maximum absolute atomic E-state index is 13.7. The fourth-order valence-corrected chi connectivity index (χ4v) is 3.68. The molecule has 1 aromatic carbocycles. The summed E-state index contributed by atoms with van der Waals surface area (Å²) in [7, 11) is 0. The number of hydrogen-bond acceptors (Lipinski definition) is 7. The zero-order valence-electron chi connectivity index (χ0n) is 22.2. The normalized spacial score (nSPS) is 16.4. The van der Waals surface area contributed by atoms with Crippen LogP contribution in [0.4, 0.5) is 9.59 Å². The number of rotatable bonds is 10. The fraction of sp³-hybridized carbons (Fsp3) is 0.481. The van der Waals surface area contributed by atoms with Crippen LogP contribution in [0.2, 0.25) is 0 Å². The van der Waals surface area contributed by atoms with Crippen LogP contribution in [0.25, 0.3) is 0 Å². The molecule has 0 fully saturated rings.